The first-order valence-corrected chi connectivity index (χ1v) is 2.91. The molecule has 0 fully saturated rings. The van der Waals surface area contributed by atoms with E-state index in [1.807, 2.05) is 0 Å². The Bertz CT molecular complexity index is 255. The van der Waals surface area contributed by atoms with Gasteiger partial charge in [0.05, 0.1) is 6.07 Å². The van der Waals surface area contributed by atoms with Crippen LogP contribution in [-0.2, 0) is 9.59 Å². The van der Waals surface area contributed by atoms with Crippen molar-refractivity contribution in [2.75, 3.05) is 0 Å². The van der Waals surface area contributed by atoms with Crippen LogP contribution in [0, 0.1) is 11.3 Å². The van der Waals surface area contributed by atoms with Gasteiger partial charge in [-0.25, -0.2) is 0 Å². The van der Waals surface area contributed by atoms with Crippen LogP contribution in [0.2, 0.25) is 0 Å². The maximum atomic E-state index is 11.5. The van der Waals surface area contributed by atoms with E-state index in [0.29, 0.717) is 0 Å². The van der Waals surface area contributed by atoms with Gasteiger partial charge >= 0.3 is 12.1 Å². The second-order valence-corrected chi connectivity index (χ2v) is 1.83. The molecule has 0 atom stereocenters. The lowest BCUT2D eigenvalue weighted by Crippen LogP contribution is -2.47. The highest BCUT2D eigenvalue weighted by Crippen LogP contribution is 2.13. The first-order valence-electron chi connectivity index (χ1n) is 2.91. The van der Waals surface area contributed by atoms with Gasteiger partial charge in [0, 0.05) is 0 Å². The molecule has 13 heavy (non-hydrogen) atoms. The molecule has 2 amide bonds. The van der Waals surface area contributed by atoms with Crippen molar-refractivity contribution < 1.29 is 22.8 Å². The van der Waals surface area contributed by atoms with Gasteiger partial charge < -0.3 is 0 Å². The summed E-state index contributed by atoms with van der Waals surface area (Å²) in [6, 6.07) is 1.39. The van der Waals surface area contributed by atoms with E-state index in [1.165, 1.54) is 11.5 Å². The molecule has 0 spiro atoms. The number of rotatable bonds is 1. The molecule has 0 unspecified atom stereocenters. The number of amides is 2. The van der Waals surface area contributed by atoms with Crippen LogP contribution in [0.3, 0.4) is 0 Å². The molecule has 0 bridgehead atoms. The van der Waals surface area contributed by atoms with E-state index in [9.17, 15) is 22.8 Å². The summed E-state index contributed by atoms with van der Waals surface area (Å²) in [5.41, 5.74) is 2.50. The Morgan fingerprint density at radius 3 is 2.23 bits per heavy atom. The molecule has 0 aliphatic rings. The van der Waals surface area contributed by atoms with Crippen molar-refractivity contribution in [1.29, 1.82) is 5.26 Å². The van der Waals surface area contributed by atoms with Crippen molar-refractivity contribution in [3.63, 3.8) is 0 Å². The van der Waals surface area contributed by atoms with Crippen molar-refractivity contribution in [3.8, 4) is 6.07 Å². The zero-order valence-corrected chi connectivity index (χ0v) is 6.10. The third-order valence-electron chi connectivity index (χ3n) is 0.813. The van der Waals surface area contributed by atoms with E-state index >= 15 is 0 Å². The second kappa shape index (κ2) is 4.30. The fourth-order valence-electron chi connectivity index (χ4n) is 0.313. The topological polar surface area (TPSA) is 82.0 Å². The number of nitrogens with one attached hydrogen (secondary N) is 2. The average molecular weight is 195 g/mol. The molecular weight excluding hydrogens is 191 g/mol. The summed E-state index contributed by atoms with van der Waals surface area (Å²) in [7, 11) is 0. The molecule has 0 aromatic rings. The van der Waals surface area contributed by atoms with Crippen molar-refractivity contribution >= 4 is 11.8 Å². The molecule has 0 aromatic carbocycles. The number of nitrogens with zero attached hydrogens (tertiary/aromatic N) is 1. The minimum absolute atomic E-state index is 0.627. The van der Waals surface area contributed by atoms with E-state index in [1.54, 1.807) is 0 Å². The summed E-state index contributed by atoms with van der Waals surface area (Å²) >= 11 is 0. The number of hydrogen-bond donors (Lipinski definition) is 2. The number of carbonyl (C=O) groups excluding carboxylic acids is 2. The molecule has 0 aliphatic carbocycles. The molecule has 72 valence electrons. The fraction of sp³-hybridized carbons (Fsp3) is 0.400. The van der Waals surface area contributed by atoms with Crippen LogP contribution in [0.1, 0.15) is 6.42 Å². The number of hydrazine groups is 1. The number of nitriles is 1. The predicted molar refractivity (Wildman–Crippen MR) is 32.6 cm³/mol. The fourth-order valence-corrected chi connectivity index (χ4v) is 0.313. The highest BCUT2D eigenvalue weighted by Gasteiger charge is 2.38. The molecule has 0 rings (SSSR count). The monoisotopic (exact) mass is 195 g/mol. The zero-order valence-electron chi connectivity index (χ0n) is 6.10. The van der Waals surface area contributed by atoms with Crippen LogP contribution >= 0.6 is 0 Å². The normalized spacial score (nSPS) is 10.0. The Hall–Kier alpha value is -1.78. The van der Waals surface area contributed by atoms with Gasteiger partial charge in [-0.2, -0.15) is 18.4 Å². The van der Waals surface area contributed by atoms with Crippen molar-refractivity contribution in [1.82, 2.24) is 10.9 Å². The van der Waals surface area contributed by atoms with Crippen LogP contribution in [0.25, 0.3) is 0 Å². The summed E-state index contributed by atoms with van der Waals surface area (Å²) < 4.78 is 34.4. The van der Waals surface area contributed by atoms with Crippen molar-refractivity contribution in [2.24, 2.45) is 0 Å². The predicted octanol–water partition coefficient (Wildman–Crippen LogP) is -0.390. The van der Waals surface area contributed by atoms with Gasteiger partial charge in [0.15, 0.2) is 0 Å². The lowest BCUT2D eigenvalue weighted by atomic mass is 10.5. The zero-order chi connectivity index (χ0) is 10.5. The Morgan fingerprint density at radius 1 is 1.31 bits per heavy atom. The summed E-state index contributed by atoms with van der Waals surface area (Å²) in [5, 5.41) is 7.92. The number of halogens is 3. The smallest absolute Gasteiger partial charge is 0.272 e. The Balaban J connectivity index is 3.86. The summed E-state index contributed by atoms with van der Waals surface area (Å²) in [6.07, 6.45) is -5.68. The molecular formula is C5H4F3N3O2. The Labute approximate surface area is 70.5 Å². The van der Waals surface area contributed by atoms with E-state index in [0.717, 1.165) is 5.43 Å². The molecule has 0 aromatic heterocycles. The van der Waals surface area contributed by atoms with Crippen molar-refractivity contribution in [2.45, 2.75) is 12.6 Å². The van der Waals surface area contributed by atoms with Crippen LogP contribution in [0.5, 0.6) is 0 Å². The molecule has 0 heterocycles. The summed E-state index contributed by atoms with van der Waals surface area (Å²) in [4.78, 5) is 20.4. The van der Waals surface area contributed by atoms with Gasteiger partial charge in [-0.05, 0) is 0 Å². The van der Waals surface area contributed by atoms with Gasteiger partial charge in [0.25, 0.3) is 5.91 Å². The maximum absolute atomic E-state index is 11.5. The van der Waals surface area contributed by atoms with Gasteiger partial charge in [-0.15, -0.1) is 0 Å². The highest BCUT2D eigenvalue weighted by molar-refractivity contribution is 5.85. The first-order chi connectivity index (χ1) is 5.88. The van der Waals surface area contributed by atoms with Crippen LogP contribution in [0.15, 0.2) is 0 Å². The number of alkyl halides is 3. The van der Waals surface area contributed by atoms with E-state index in [-0.39, 0.29) is 0 Å². The molecule has 2 N–H and O–H groups in total. The Kier molecular flexibility index (Phi) is 3.71. The van der Waals surface area contributed by atoms with Crippen LogP contribution < -0.4 is 10.9 Å². The third kappa shape index (κ3) is 4.62. The SMILES string of the molecule is N#CCC(=O)NNC(=O)C(F)(F)F. The first kappa shape index (κ1) is 11.2. The molecule has 8 heteroatoms. The van der Waals surface area contributed by atoms with Gasteiger partial charge in [-0.3, -0.25) is 20.4 Å². The number of carbonyl (C=O) groups is 2. The van der Waals surface area contributed by atoms with Gasteiger partial charge in [0.2, 0.25) is 0 Å². The van der Waals surface area contributed by atoms with Gasteiger partial charge in [0.1, 0.15) is 6.42 Å². The standard InChI is InChI=1S/C5H4F3N3O2/c6-5(7,8)4(13)11-10-3(12)1-2-9/h1H2,(H,10,12)(H,11,13). The summed E-state index contributed by atoms with van der Waals surface area (Å²) in [6.45, 7) is 0. The van der Waals surface area contributed by atoms with Crippen molar-refractivity contribution in [3.05, 3.63) is 0 Å². The molecule has 0 saturated carbocycles. The molecule has 0 radical (unpaired) electrons. The maximum Gasteiger partial charge on any atom is 0.472 e. The second-order valence-electron chi connectivity index (χ2n) is 1.83. The average Bonchev–Trinajstić information content (AvgIpc) is 1.99. The minimum atomic E-state index is -5.06. The quantitative estimate of drug-likeness (QED) is 0.559. The minimum Gasteiger partial charge on any atom is -0.272 e. The molecule has 0 saturated heterocycles. The largest absolute Gasteiger partial charge is 0.472 e. The third-order valence-corrected chi connectivity index (χ3v) is 0.813. The van der Waals surface area contributed by atoms with E-state index in [4.69, 9.17) is 5.26 Å². The van der Waals surface area contributed by atoms with E-state index in [2.05, 4.69) is 0 Å². The van der Waals surface area contributed by atoms with E-state index < -0.39 is 24.4 Å². The lowest BCUT2D eigenvalue weighted by molar-refractivity contribution is -0.175. The highest BCUT2D eigenvalue weighted by atomic mass is 19.4. The number of hydrogen-bond acceptors (Lipinski definition) is 3. The summed E-state index contributed by atoms with van der Waals surface area (Å²) in [5.74, 6) is -3.31. The lowest BCUT2D eigenvalue weighted by Gasteiger charge is -2.07. The molecule has 0 aliphatic heterocycles. The molecule has 5 nitrogen and oxygen atoms in total. The Morgan fingerprint density at radius 2 is 1.85 bits per heavy atom. The van der Waals surface area contributed by atoms with Gasteiger partial charge in [-0.1, -0.05) is 0 Å². The van der Waals surface area contributed by atoms with Crippen LogP contribution in [-0.4, -0.2) is 18.0 Å². The van der Waals surface area contributed by atoms with Crippen LogP contribution in [0.4, 0.5) is 13.2 Å².